The van der Waals surface area contributed by atoms with Crippen LogP contribution < -0.4 is 0 Å². The minimum atomic E-state index is 0.267. The number of rotatable bonds is 3. The topological polar surface area (TPSA) is 36.4 Å². The van der Waals surface area contributed by atoms with Gasteiger partial charge >= 0.3 is 0 Å². The Balaban J connectivity index is 1.87. The molecule has 2 aromatic rings. The molecule has 3 nitrogen and oxygen atoms in total. The lowest BCUT2D eigenvalue weighted by Crippen LogP contribution is -2.36. The summed E-state index contributed by atoms with van der Waals surface area (Å²) < 4.78 is 0. The lowest BCUT2D eigenvalue weighted by Gasteiger charge is -2.28. The van der Waals surface area contributed by atoms with Gasteiger partial charge in [0.2, 0.25) is 0 Å². The molecule has 3 rings (SSSR count). The Labute approximate surface area is 120 Å². The number of benzene rings is 1. The summed E-state index contributed by atoms with van der Waals surface area (Å²) in [5, 5.41) is 10.9. The molecule has 106 valence electrons. The second-order valence-corrected chi connectivity index (χ2v) is 5.64. The third-order valence-corrected chi connectivity index (χ3v) is 4.32. The maximum Gasteiger partial charge on any atom is 0.0705 e. The molecule has 1 aromatic heterocycles. The summed E-state index contributed by atoms with van der Waals surface area (Å²) in [6, 6.07) is 10.7. The molecule has 1 atom stereocenters. The van der Waals surface area contributed by atoms with Crippen molar-refractivity contribution in [2.24, 2.45) is 0 Å². The number of aromatic nitrogens is 1. The summed E-state index contributed by atoms with van der Waals surface area (Å²) in [6.45, 7) is 2.26. The van der Waals surface area contributed by atoms with Crippen LogP contribution in [0, 0.1) is 0 Å². The normalized spacial score (nSPS) is 20.9. The van der Waals surface area contributed by atoms with E-state index in [4.69, 9.17) is 0 Å². The number of likely N-dealkylation sites (tertiary alicyclic amines) is 1. The average molecular weight is 270 g/mol. The van der Waals surface area contributed by atoms with Gasteiger partial charge in [-0.3, -0.25) is 9.88 Å². The Kier molecular flexibility index (Phi) is 4.28. The molecule has 0 bridgehead atoms. The summed E-state index contributed by atoms with van der Waals surface area (Å²) in [5.74, 6) is 0. The quantitative estimate of drug-likeness (QED) is 0.931. The van der Waals surface area contributed by atoms with E-state index in [1.165, 1.54) is 30.2 Å². The van der Waals surface area contributed by atoms with Gasteiger partial charge in [-0.05, 0) is 37.1 Å². The van der Waals surface area contributed by atoms with E-state index in [9.17, 15) is 5.11 Å². The molecular weight excluding hydrogens is 248 g/mol. The van der Waals surface area contributed by atoms with E-state index in [1.54, 1.807) is 0 Å². The molecule has 1 aliphatic heterocycles. The number of aliphatic hydroxyl groups is 1. The van der Waals surface area contributed by atoms with Crippen molar-refractivity contribution in [2.75, 3.05) is 13.2 Å². The van der Waals surface area contributed by atoms with Crippen LogP contribution in [0.4, 0.5) is 0 Å². The maximum absolute atomic E-state index is 9.62. The predicted molar refractivity (Wildman–Crippen MR) is 81.5 cm³/mol. The maximum atomic E-state index is 9.62. The number of aliphatic hydroxyl groups excluding tert-OH is 1. The van der Waals surface area contributed by atoms with E-state index in [0.717, 1.165) is 25.0 Å². The van der Waals surface area contributed by atoms with Gasteiger partial charge < -0.3 is 5.11 Å². The highest BCUT2D eigenvalue weighted by atomic mass is 16.3. The first-order valence-corrected chi connectivity index (χ1v) is 7.56. The van der Waals surface area contributed by atoms with Crippen LogP contribution in [0.5, 0.6) is 0 Å². The van der Waals surface area contributed by atoms with Gasteiger partial charge in [-0.25, -0.2) is 0 Å². The molecular formula is C17H22N2O. The highest BCUT2D eigenvalue weighted by Crippen LogP contribution is 2.22. The van der Waals surface area contributed by atoms with Gasteiger partial charge in [0.05, 0.1) is 12.1 Å². The van der Waals surface area contributed by atoms with Crippen molar-refractivity contribution in [3.63, 3.8) is 0 Å². The first-order chi connectivity index (χ1) is 9.88. The van der Waals surface area contributed by atoms with Gasteiger partial charge in [-0.1, -0.05) is 31.0 Å². The third kappa shape index (κ3) is 2.84. The van der Waals surface area contributed by atoms with Crippen molar-refractivity contribution in [3.05, 3.63) is 42.1 Å². The molecule has 0 radical (unpaired) electrons. The smallest absolute Gasteiger partial charge is 0.0705 e. The molecule has 0 amide bonds. The molecule has 1 saturated heterocycles. The predicted octanol–water partition coefficient (Wildman–Crippen LogP) is 2.97. The molecule has 1 fully saturated rings. The summed E-state index contributed by atoms with van der Waals surface area (Å²) in [5.41, 5.74) is 2.37. The second-order valence-electron chi connectivity index (χ2n) is 5.64. The number of nitrogens with zero attached hydrogens (tertiary/aromatic N) is 2. The Morgan fingerprint density at radius 2 is 2.05 bits per heavy atom. The van der Waals surface area contributed by atoms with Crippen LogP contribution >= 0.6 is 0 Å². The van der Waals surface area contributed by atoms with E-state index in [2.05, 4.69) is 34.1 Å². The lowest BCUT2D eigenvalue weighted by atomic mass is 10.1. The highest BCUT2D eigenvalue weighted by molar-refractivity contribution is 5.81. The molecule has 0 spiro atoms. The molecule has 1 N–H and O–H groups in total. The van der Waals surface area contributed by atoms with E-state index in [1.807, 2.05) is 12.3 Å². The molecule has 3 heteroatoms. The zero-order valence-corrected chi connectivity index (χ0v) is 11.8. The van der Waals surface area contributed by atoms with Gasteiger partial charge in [-0.2, -0.15) is 0 Å². The molecule has 0 unspecified atom stereocenters. The van der Waals surface area contributed by atoms with Crippen LogP contribution in [0.3, 0.4) is 0 Å². The minimum Gasteiger partial charge on any atom is -0.395 e. The monoisotopic (exact) mass is 270 g/mol. The number of para-hydroxylation sites is 1. The zero-order chi connectivity index (χ0) is 13.8. The Hall–Kier alpha value is -1.45. The molecule has 0 aliphatic carbocycles. The van der Waals surface area contributed by atoms with Crippen molar-refractivity contribution in [2.45, 2.75) is 38.3 Å². The average Bonchev–Trinajstić information content (AvgIpc) is 2.72. The number of hydrogen-bond acceptors (Lipinski definition) is 3. The van der Waals surface area contributed by atoms with Gasteiger partial charge in [-0.15, -0.1) is 0 Å². The second kappa shape index (κ2) is 6.33. The largest absolute Gasteiger partial charge is 0.395 e. The molecule has 2 heterocycles. The number of pyridine rings is 1. The summed E-state index contributed by atoms with van der Waals surface area (Å²) in [7, 11) is 0. The van der Waals surface area contributed by atoms with Crippen molar-refractivity contribution >= 4 is 10.9 Å². The Morgan fingerprint density at radius 1 is 1.15 bits per heavy atom. The van der Waals surface area contributed by atoms with Crippen LogP contribution in [0.25, 0.3) is 10.9 Å². The molecule has 0 saturated carbocycles. The summed E-state index contributed by atoms with van der Waals surface area (Å²) in [4.78, 5) is 6.86. The lowest BCUT2D eigenvalue weighted by molar-refractivity contribution is 0.119. The first-order valence-electron chi connectivity index (χ1n) is 7.56. The minimum absolute atomic E-state index is 0.267. The molecule has 1 aliphatic rings. The van der Waals surface area contributed by atoms with Gasteiger partial charge in [0.25, 0.3) is 0 Å². The zero-order valence-electron chi connectivity index (χ0n) is 11.8. The number of hydrogen-bond donors (Lipinski definition) is 1. The number of fused-ring (bicyclic) bond motifs is 1. The van der Waals surface area contributed by atoms with Crippen LogP contribution in [-0.4, -0.2) is 34.2 Å². The fourth-order valence-corrected chi connectivity index (χ4v) is 3.16. The van der Waals surface area contributed by atoms with Gasteiger partial charge in [0, 0.05) is 24.2 Å². The third-order valence-electron chi connectivity index (χ3n) is 4.32. The van der Waals surface area contributed by atoms with Crippen LogP contribution in [0.1, 0.15) is 31.2 Å². The van der Waals surface area contributed by atoms with E-state index >= 15 is 0 Å². The summed E-state index contributed by atoms with van der Waals surface area (Å²) >= 11 is 0. The van der Waals surface area contributed by atoms with Crippen molar-refractivity contribution in [1.29, 1.82) is 0 Å². The molecule has 1 aromatic carbocycles. The van der Waals surface area contributed by atoms with Crippen LogP contribution in [0.15, 0.2) is 36.5 Å². The fourth-order valence-electron chi connectivity index (χ4n) is 3.16. The van der Waals surface area contributed by atoms with E-state index in [0.29, 0.717) is 6.04 Å². The fraction of sp³-hybridized carbons (Fsp3) is 0.471. The van der Waals surface area contributed by atoms with Crippen LogP contribution in [-0.2, 0) is 6.54 Å². The standard InChI is InChI=1S/C17H22N2O/c20-13-15-6-2-1-5-11-19(15)12-14-9-10-18-17-8-4-3-7-16(14)17/h3-4,7-10,15,20H,1-2,5-6,11-13H2/t15-/m1/s1. The summed E-state index contributed by atoms with van der Waals surface area (Å²) in [6.07, 6.45) is 6.76. The van der Waals surface area contributed by atoms with E-state index < -0.39 is 0 Å². The highest BCUT2D eigenvalue weighted by Gasteiger charge is 2.20. The Bertz CT molecular complexity index is 564. The van der Waals surface area contributed by atoms with Crippen LogP contribution in [0.2, 0.25) is 0 Å². The van der Waals surface area contributed by atoms with Crippen molar-refractivity contribution in [3.8, 4) is 0 Å². The van der Waals surface area contributed by atoms with Gasteiger partial charge in [0.15, 0.2) is 0 Å². The van der Waals surface area contributed by atoms with Crippen molar-refractivity contribution < 1.29 is 5.11 Å². The first kappa shape index (κ1) is 13.5. The Morgan fingerprint density at radius 3 is 2.95 bits per heavy atom. The van der Waals surface area contributed by atoms with Crippen molar-refractivity contribution in [1.82, 2.24) is 9.88 Å². The van der Waals surface area contributed by atoms with Gasteiger partial charge in [0.1, 0.15) is 0 Å². The SMILES string of the molecule is OC[C@H]1CCCCCN1Cc1ccnc2ccccc12. The molecule has 20 heavy (non-hydrogen) atoms. The van der Waals surface area contributed by atoms with E-state index in [-0.39, 0.29) is 6.61 Å².